The van der Waals surface area contributed by atoms with Crippen molar-refractivity contribution >= 4 is 32.3 Å². The molecule has 0 saturated carbocycles. The molecule has 0 aliphatic carbocycles. The molecule has 0 aliphatic rings. The van der Waals surface area contributed by atoms with Gasteiger partial charge in [0.05, 0.1) is 0 Å². The van der Waals surface area contributed by atoms with Crippen molar-refractivity contribution in [3.8, 4) is 45.6 Å². The van der Waals surface area contributed by atoms with Gasteiger partial charge in [0.25, 0.3) is 0 Å². The van der Waals surface area contributed by atoms with Gasteiger partial charge < -0.3 is 29.3 Å². The van der Waals surface area contributed by atoms with Gasteiger partial charge in [0.2, 0.25) is 0 Å². The van der Waals surface area contributed by atoms with Gasteiger partial charge >= 0.3 is 10.4 Å². The second-order valence-corrected chi connectivity index (χ2v) is 9.70. The zero-order valence-electron chi connectivity index (χ0n) is 21.8. The average Bonchev–Trinajstić information content (AvgIpc) is 2.92. The van der Waals surface area contributed by atoms with Crippen LogP contribution < -0.4 is 10.9 Å². The molecule has 0 fully saturated rings. The van der Waals surface area contributed by atoms with Crippen LogP contribution in [0.2, 0.25) is 0 Å². The zero-order chi connectivity index (χ0) is 31.3. The fraction of sp³-hybridized carbons (Fsp3) is 0. The van der Waals surface area contributed by atoms with Crippen LogP contribution in [0.5, 0.6) is 23.0 Å². The molecule has 6 aromatic rings. The van der Waals surface area contributed by atoms with E-state index < -0.39 is 10.4 Å². The van der Waals surface area contributed by atoms with Crippen molar-refractivity contribution in [1.82, 2.24) is 0 Å². The van der Waals surface area contributed by atoms with Crippen LogP contribution >= 0.6 is 0 Å². The van der Waals surface area contributed by atoms with Crippen molar-refractivity contribution in [1.29, 1.82) is 0 Å². The van der Waals surface area contributed by atoms with Crippen molar-refractivity contribution in [3.05, 3.63) is 118 Å². The lowest BCUT2D eigenvalue weighted by molar-refractivity contribution is 0.380. The molecule has 0 unspecified atom stereocenters. The Morgan fingerprint density at radius 3 is 1.16 bits per heavy atom. The Kier molecular flexibility index (Phi) is 8.81. The predicted octanol–water partition coefficient (Wildman–Crippen LogP) is 5.09. The summed E-state index contributed by atoms with van der Waals surface area (Å²) in [6.45, 7) is 0. The summed E-state index contributed by atoms with van der Waals surface area (Å²) in [7, 11) is -4.67. The molecule has 0 saturated heterocycles. The van der Waals surface area contributed by atoms with Crippen molar-refractivity contribution in [2.45, 2.75) is 0 Å². The molecule has 6 N–H and O–H groups in total. The van der Waals surface area contributed by atoms with Crippen molar-refractivity contribution in [2.24, 2.45) is 0 Å². The van der Waals surface area contributed by atoms with E-state index in [1.807, 2.05) is 60.7 Å². The van der Waals surface area contributed by atoms with E-state index in [2.05, 4.69) is 0 Å². The lowest BCUT2D eigenvalue weighted by atomic mass is 10.1. The Bertz CT molecular complexity index is 1990. The van der Waals surface area contributed by atoms with Crippen LogP contribution in [0.15, 0.2) is 115 Å². The van der Waals surface area contributed by atoms with Crippen molar-refractivity contribution in [2.75, 3.05) is 0 Å². The number of phenolic OH excluding ortho intramolecular Hbond substituents is 4. The monoisotopic (exact) mass is 606 g/mol. The molecule has 12 nitrogen and oxygen atoms in total. The summed E-state index contributed by atoms with van der Waals surface area (Å²) in [5.41, 5.74) is 1.12. The van der Waals surface area contributed by atoms with E-state index in [1.165, 1.54) is 24.3 Å². The zero-order valence-corrected chi connectivity index (χ0v) is 22.6. The Morgan fingerprint density at radius 1 is 0.512 bits per heavy atom. The summed E-state index contributed by atoms with van der Waals surface area (Å²) >= 11 is 0. The number of rotatable bonds is 2. The van der Waals surface area contributed by atoms with Crippen LogP contribution in [0.1, 0.15) is 0 Å². The molecule has 0 spiro atoms. The number of aromatic hydroxyl groups is 4. The van der Waals surface area contributed by atoms with E-state index in [1.54, 1.807) is 0 Å². The third kappa shape index (κ3) is 7.77. The maximum atomic E-state index is 12.0. The number of phenols is 4. The van der Waals surface area contributed by atoms with Crippen LogP contribution in [0.25, 0.3) is 44.6 Å². The average molecular weight is 607 g/mol. The highest BCUT2D eigenvalue weighted by molar-refractivity contribution is 7.79. The number of fused-ring (bicyclic) bond motifs is 2. The second-order valence-electron chi connectivity index (χ2n) is 8.81. The molecule has 6 rings (SSSR count). The van der Waals surface area contributed by atoms with Crippen LogP contribution in [0.3, 0.4) is 0 Å². The maximum absolute atomic E-state index is 12.0. The van der Waals surface area contributed by atoms with Crippen LogP contribution in [-0.2, 0) is 10.4 Å². The van der Waals surface area contributed by atoms with Crippen molar-refractivity contribution < 1.29 is 46.8 Å². The van der Waals surface area contributed by atoms with E-state index in [4.69, 9.17) is 26.4 Å². The van der Waals surface area contributed by atoms with Gasteiger partial charge in [-0.1, -0.05) is 60.7 Å². The second kappa shape index (κ2) is 12.5. The highest BCUT2D eigenvalue weighted by atomic mass is 32.3. The predicted molar refractivity (Wildman–Crippen MR) is 157 cm³/mol. The molecule has 4 aromatic carbocycles. The van der Waals surface area contributed by atoms with Gasteiger partial charge in [0, 0.05) is 47.5 Å². The van der Waals surface area contributed by atoms with Crippen molar-refractivity contribution in [3.63, 3.8) is 0 Å². The highest BCUT2D eigenvalue weighted by Crippen LogP contribution is 2.31. The largest absolute Gasteiger partial charge is 0.508 e. The maximum Gasteiger partial charge on any atom is 0.394 e. The highest BCUT2D eigenvalue weighted by Gasteiger charge is 2.13. The molecule has 220 valence electrons. The minimum Gasteiger partial charge on any atom is -0.508 e. The normalized spacial score (nSPS) is 10.8. The van der Waals surface area contributed by atoms with E-state index in [0.29, 0.717) is 11.5 Å². The third-order valence-electron chi connectivity index (χ3n) is 5.71. The Balaban J connectivity index is 0.000000171. The molecule has 0 atom stereocenters. The quantitative estimate of drug-likeness (QED) is 0.142. The summed E-state index contributed by atoms with van der Waals surface area (Å²) < 4.78 is 42.7. The van der Waals surface area contributed by atoms with Gasteiger partial charge in [-0.05, 0) is 0 Å². The summed E-state index contributed by atoms with van der Waals surface area (Å²) in [5, 5.41) is 38.4. The minimum absolute atomic E-state index is 0.0671. The third-order valence-corrected chi connectivity index (χ3v) is 5.71. The molecule has 0 bridgehead atoms. The first-order valence-electron chi connectivity index (χ1n) is 12.1. The van der Waals surface area contributed by atoms with E-state index in [0.717, 1.165) is 23.3 Å². The first kappa shape index (κ1) is 30.3. The summed E-state index contributed by atoms with van der Waals surface area (Å²) in [5.74, 6) is -0.102. The number of benzene rings is 4. The Labute approximate surface area is 242 Å². The lowest BCUT2D eigenvalue weighted by Crippen LogP contribution is -2.00. The van der Waals surface area contributed by atoms with E-state index in [-0.39, 0.29) is 55.8 Å². The first-order valence-corrected chi connectivity index (χ1v) is 13.5. The lowest BCUT2D eigenvalue weighted by Gasteiger charge is -2.04. The summed E-state index contributed by atoms with van der Waals surface area (Å²) in [4.78, 5) is 24.0. The summed E-state index contributed by atoms with van der Waals surface area (Å²) in [6, 6.07) is 25.8. The van der Waals surface area contributed by atoms with Gasteiger partial charge in [-0.3, -0.25) is 18.7 Å². The van der Waals surface area contributed by atoms with Crippen LogP contribution in [-0.4, -0.2) is 37.9 Å². The Hall–Kier alpha value is -5.63. The smallest absolute Gasteiger partial charge is 0.394 e. The van der Waals surface area contributed by atoms with E-state index in [9.17, 15) is 30.0 Å². The fourth-order valence-electron chi connectivity index (χ4n) is 4.00. The molecule has 0 amide bonds. The van der Waals surface area contributed by atoms with E-state index >= 15 is 0 Å². The van der Waals surface area contributed by atoms with Crippen LogP contribution in [0, 0.1) is 0 Å². The van der Waals surface area contributed by atoms with Gasteiger partial charge in [0.1, 0.15) is 56.5 Å². The molecule has 0 aliphatic heterocycles. The molecule has 2 heterocycles. The first-order chi connectivity index (χ1) is 20.3. The number of hydrogen-bond donors (Lipinski definition) is 6. The molecule has 0 radical (unpaired) electrons. The van der Waals surface area contributed by atoms with Gasteiger partial charge in [-0.25, -0.2) is 0 Å². The Morgan fingerprint density at radius 2 is 0.837 bits per heavy atom. The number of hydrogen-bond acceptors (Lipinski definition) is 10. The topological polar surface area (TPSA) is 216 Å². The van der Waals surface area contributed by atoms with Gasteiger partial charge in [-0.15, -0.1) is 0 Å². The SMILES string of the molecule is O=S(=O)(O)O.O=c1cc(-c2ccccc2)oc2cc(O)cc(O)c12.O=c1cc(-c2ccccc2)oc2cc(O)cc(O)c12. The molecule has 43 heavy (non-hydrogen) atoms. The minimum atomic E-state index is -4.67. The molecular formula is C30H22O12S. The van der Waals surface area contributed by atoms with Crippen LogP contribution in [0.4, 0.5) is 0 Å². The van der Waals surface area contributed by atoms with Gasteiger partial charge in [-0.2, -0.15) is 8.42 Å². The van der Waals surface area contributed by atoms with Gasteiger partial charge in [0.15, 0.2) is 10.9 Å². The molecular weight excluding hydrogens is 584 g/mol. The fourth-order valence-corrected chi connectivity index (χ4v) is 4.00. The standard InChI is InChI=1S/2C15H10O4.H2O4S/c2*16-10-6-11(17)15-12(18)8-13(19-14(15)7-10)9-4-2-1-3-5-9;1-5(2,3)4/h2*1-8,16-17H;(H2,1,2,3,4). The summed E-state index contributed by atoms with van der Waals surface area (Å²) in [6.07, 6.45) is 0. The molecule has 13 heteroatoms. The molecule has 2 aromatic heterocycles.